The lowest BCUT2D eigenvalue weighted by Gasteiger charge is -1.98. The number of amides is 1. The molecule has 0 saturated carbocycles. The Labute approximate surface area is 80.1 Å². The molecule has 0 aliphatic carbocycles. The zero-order valence-corrected chi connectivity index (χ0v) is 7.14. The molecule has 5 nitrogen and oxygen atoms in total. The van der Waals surface area contributed by atoms with Gasteiger partial charge < -0.3 is 9.90 Å². The number of carboxylic acids is 1. The van der Waals surface area contributed by atoms with E-state index < -0.39 is 11.9 Å². The monoisotopic (exact) mass is 191 g/mol. The normalized spacial score (nSPS) is 10.0. The first-order chi connectivity index (χ1) is 6.70. The summed E-state index contributed by atoms with van der Waals surface area (Å²) >= 11 is 0. The van der Waals surface area contributed by atoms with E-state index in [1.54, 1.807) is 30.3 Å². The number of rotatable bonds is 3. The summed E-state index contributed by atoms with van der Waals surface area (Å²) < 4.78 is 0. The van der Waals surface area contributed by atoms with Crippen LogP contribution in [0.5, 0.6) is 0 Å². The fraction of sp³-hybridized carbons (Fsp3) is 0. The maximum atomic E-state index is 11.2. The van der Waals surface area contributed by atoms with Crippen molar-refractivity contribution in [1.29, 1.82) is 0 Å². The Balaban J connectivity index is 2.56. The van der Waals surface area contributed by atoms with Crippen LogP contribution in [-0.4, -0.2) is 18.1 Å². The molecule has 14 heavy (non-hydrogen) atoms. The van der Waals surface area contributed by atoms with Gasteiger partial charge in [-0.3, -0.25) is 4.79 Å². The molecule has 1 aromatic rings. The molecule has 0 atom stereocenters. The predicted molar refractivity (Wildman–Crippen MR) is 47.4 cm³/mol. The lowest BCUT2D eigenvalue weighted by molar-refractivity contribution is -0.293. The molecular weight excluding hydrogens is 184 g/mol. The molecule has 1 amide bonds. The summed E-state index contributed by atoms with van der Waals surface area (Å²) in [6, 6.07) is 8.32. The van der Waals surface area contributed by atoms with Gasteiger partial charge in [0.2, 0.25) is 0 Å². The highest BCUT2D eigenvalue weighted by Crippen LogP contribution is 1.96. The third-order valence-corrected chi connectivity index (χ3v) is 1.37. The van der Waals surface area contributed by atoms with Crippen molar-refractivity contribution >= 4 is 18.1 Å². The van der Waals surface area contributed by atoms with Crippen LogP contribution in [0.3, 0.4) is 0 Å². The predicted octanol–water partition coefficient (Wildman–Crippen LogP) is -0.848. The van der Waals surface area contributed by atoms with E-state index in [2.05, 4.69) is 5.10 Å². The average molecular weight is 191 g/mol. The Morgan fingerprint density at radius 1 is 1.29 bits per heavy atom. The number of carbonyl (C=O) groups excluding carboxylic acids is 2. The molecule has 0 fully saturated rings. The van der Waals surface area contributed by atoms with Crippen molar-refractivity contribution in [3.63, 3.8) is 0 Å². The van der Waals surface area contributed by atoms with Gasteiger partial charge in [0.25, 0.3) is 5.91 Å². The van der Waals surface area contributed by atoms with Crippen LogP contribution >= 0.6 is 0 Å². The highest BCUT2D eigenvalue weighted by atomic mass is 16.4. The number of hydrogen-bond donors (Lipinski definition) is 1. The van der Waals surface area contributed by atoms with Gasteiger partial charge in [-0.25, -0.2) is 5.43 Å². The standard InChI is InChI=1S/C9H8N2O3/c12-8(13)6-10-11-9(14)7-4-2-1-3-5-7/h1-6H,(H,11,14)(H,12,13)/p-1/b10-6+. The molecule has 0 radical (unpaired) electrons. The van der Waals surface area contributed by atoms with E-state index in [0.29, 0.717) is 11.8 Å². The maximum Gasteiger partial charge on any atom is 0.271 e. The first-order valence-corrected chi connectivity index (χ1v) is 3.79. The highest BCUT2D eigenvalue weighted by Gasteiger charge is 2.00. The zero-order valence-electron chi connectivity index (χ0n) is 7.14. The van der Waals surface area contributed by atoms with E-state index in [1.807, 2.05) is 5.43 Å². The van der Waals surface area contributed by atoms with Gasteiger partial charge in [0.15, 0.2) is 0 Å². The van der Waals surface area contributed by atoms with Gasteiger partial charge in [-0.05, 0) is 12.1 Å². The van der Waals surface area contributed by atoms with E-state index in [1.165, 1.54) is 0 Å². The highest BCUT2D eigenvalue weighted by molar-refractivity contribution is 6.20. The van der Waals surface area contributed by atoms with Crippen molar-refractivity contribution in [1.82, 2.24) is 5.43 Å². The van der Waals surface area contributed by atoms with Gasteiger partial charge in [0, 0.05) is 5.56 Å². The third kappa shape index (κ3) is 3.06. The molecule has 72 valence electrons. The van der Waals surface area contributed by atoms with Crippen molar-refractivity contribution in [3.8, 4) is 0 Å². The number of aliphatic carboxylic acids is 1. The number of nitrogens with one attached hydrogen (secondary N) is 1. The molecule has 1 aromatic carbocycles. The Morgan fingerprint density at radius 2 is 1.93 bits per heavy atom. The second kappa shape index (κ2) is 4.76. The van der Waals surface area contributed by atoms with E-state index in [4.69, 9.17) is 0 Å². The van der Waals surface area contributed by atoms with Crippen LogP contribution in [0.1, 0.15) is 10.4 Å². The first-order valence-electron chi connectivity index (χ1n) is 3.79. The SMILES string of the molecule is O=C([O-])/C=N/NC(=O)c1ccccc1. The van der Waals surface area contributed by atoms with Gasteiger partial charge >= 0.3 is 0 Å². The summed E-state index contributed by atoms with van der Waals surface area (Å²) in [4.78, 5) is 21.1. The molecule has 0 aliphatic heterocycles. The number of carboxylic acid groups (broad SMARTS) is 1. The lowest BCUT2D eigenvalue weighted by Crippen LogP contribution is -2.26. The molecular formula is C9H7N2O3-. The molecule has 0 saturated heterocycles. The van der Waals surface area contributed by atoms with Gasteiger partial charge in [-0.2, -0.15) is 5.10 Å². The fourth-order valence-electron chi connectivity index (χ4n) is 0.798. The molecule has 0 unspecified atom stereocenters. The van der Waals surface area contributed by atoms with Crippen molar-refractivity contribution in [2.45, 2.75) is 0 Å². The minimum atomic E-state index is -1.46. The van der Waals surface area contributed by atoms with Gasteiger partial charge in [0.05, 0.1) is 12.2 Å². The summed E-state index contributed by atoms with van der Waals surface area (Å²) in [7, 11) is 0. The molecule has 0 heterocycles. The summed E-state index contributed by atoms with van der Waals surface area (Å²) in [6.45, 7) is 0. The molecule has 0 aliphatic rings. The Morgan fingerprint density at radius 3 is 2.50 bits per heavy atom. The van der Waals surface area contributed by atoms with Crippen LogP contribution in [0.25, 0.3) is 0 Å². The number of nitrogens with zero attached hydrogens (tertiary/aromatic N) is 1. The van der Waals surface area contributed by atoms with Crippen LogP contribution in [0.4, 0.5) is 0 Å². The van der Waals surface area contributed by atoms with E-state index >= 15 is 0 Å². The molecule has 0 aromatic heterocycles. The fourth-order valence-corrected chi connectivity index (χ4v) is 0.798. The topological polar surface area (TPSA) is 81.6 Å². The largest absolute Gasteiger partial charge is 0.544 e. The molecule has 1 N–H and O–H groups in total. The van der Waals surface area contributed by atoms with Crippen LogP contribution < -0.4 is 10.5 Å². The van der Waals surface area contributed by atoms with Gasteiger partial charge in [-0.15, -0.1) is 0 Å². The van der Waals surface area contributed by atoms with Crippen LogP contribution in [0.2, 0.25) is 0 Å². The second-order valence-electron chi connectivity index (χ2n) is 2.38. The summed E-state index contributed by atoms with van der Waals surface area (Å²) in [5.41, 5.74) is 2.45. The first kappa shape index (κ1) is 9.91. The van der Waals surface area contributed by atoms with Crippen LogP contribution in [0, 0.1) is 0 Å². The lowest BCUT2D eigenvalue weighted by atomic mass is 10.2. The van der Waals surface area contributed by atoms with Crippen LogP contribution in [-0.2, 0) is 4.79 Å². The zero-order chi connectivity index (χ0) is 10.4. The number of hydrogen-bond acceptors (Lipinski definition) is 4. The van der Waals surface area contributed by atoms with E-state index in [9.17, 15) is 14.7 Å². The number of benzene rings is 1. The Kier molecular flexibility index (Phi) is 3.37. The molecule has 0 spiro atoms. The average Bonchev–Trinajstić information content (AvgIpc) is 2.18. The summed E-state index contributed by atoms with van der Waals surface area (Å²) in [6.07, 6.45) is 0.501. The maximum absolute atomic E-state index is 11.2. The Bertz CT molecular complexity index is 360. The quantitative estimate of drug-likeness (QED) is 0.499. The summed E-state index contributed by atoms with van der Waals surface area (Å²) in [5, 5.41) is 13.1. The summed E-state index contributed by atoms with van der Waals surface area (Å²) in [5.74, 6) is -1.93. The number of carbonyl (C=O) groups is 2. The molecule has 0 bridgehead atoms. The van der Waals surface area contributed by atoms with Crippen molar-refractivity contribution in [2.75, 3.05) is 0 Å². The van der Waals surface area contributed by atoms with Crippen molar-refractivity contribution in [3.05, 3.63) is 35.9 Å². The minimum Gasteiger partial charge on any atom is -0.544 e. The van der Waals surface area contributed by atoms with E-state index in [-0.39, 0.29) is 0 Å². The van der Waals surface area contributed by atoms with Gasteiger partial charge in [-0.1, -0.05) is 18.2 Å². The number of hydrazone groups is 1. The van der Waals surface area contributed by atoms with Gasteiger partial charge in [0.1, 0.15) is 0 Å². The molecule has 1 rings (SSSR count). The van der Waals surface area contributed by atoms with Crippen molar-refractivity contribution < 1.29 is 14.7 Å². The Hall–Kier alpha value is -2.17. The minimum absolute atomic E-state index is 0.406. The molecule has 5 heteroatoms. The van der Waals surface area contributed by atoms with E-state index in [0.717, 1.165) is 0 Å². The third-order valence-electron chi connectivity index (χ3n) is 1.37. The second-order valence-corrected chi connectivity index (χ2v) is 2.38. The van der Waals surface area contributed by atoms with Crippen molar-refractivity contribution in [2.24, 2.45) is 5.10 Å². The van der Waals surface area contributed by atoms with Crippen LogP contribution in [0.15, 0.2) is 35.4 Å². The smallest absolute Gasteiger partial charge is 0.271 e.